The molecule has 1 saturated carbocycles. The molecule has 0 saturated heterocycles. The molecule has 0 heterocycles. The van der Waals surface area contributed by atoms with Crippen molar-refractivity contribution >= 4 is 11.9 Å². The Hall–Kier alpha value is -2.44. The standard InChI is InChI=1S/C28H40O6/c1-4-5-6-7-22-8-10-23(11-9-22)24-12-14-25(15-13-24)26(18-33-27(31)20(2)16-29)19-34-28(32)21(3)17-30/h8-11,24-26,29-30H,2-7,12-19H2,1H3. The number of hydrogen-bond donors (Lipinski definition) is 2. The highest BCUT2D eigenvalue weighted by molar-refractivity contribution is 5.88. The van der Waals surface area contributed by atoms with Crippen LogP contribution in [0.15, 0.2) is 48.6 Å². The molecule has 6 nitrogen and oxygen atoms in total. The number of rotatable bonds is 14. The Morgan fingerprint density at radius 1 is 0.912 bits per heavy atom. The number of carbonyl (C=O) groups is 2. The molecule has 2 rings (SSSR count). The van der Waals surface area contributed by atoms with Gasteiger partial charge in [0.2, 0.25) is 0 Å². The quantitative estimate of drug-likeness (QED) is 0.235. The van der Waals surface area contributed by atoms with Gasteiger partial charge in [-0.15, -0.1) is 0 Å². The Balaban J connectivity index is 1.94. The van der Waals surface area contributed by atoms with E-state index in [-0.39, 0.29) is 36.2 Å². The van der Waals surface area contributed by atoms with Gasteiger partial charge in [-0.25, -0.2) is 9.59 Å². The largest absolute Gasteiger partial charge is 0.462 e. The van der Waals surface area contributed by atoms with Crippen LogP contribution in [0.25, 0.3) is 0 Å². The van der Waals surface area contributed by atoms with E-state index in [0.29, 0.717) is 5.92 Å². The average Bonchev–Trinajstić information content (AvgIpc) is 2.88. The summed E-state index contributed by atoms with van der Waals surface area (Å²) in [6.45, 7) is 8.45. The Bertz CT molecular complexity index is 773. The molecule has 0 amide bonds. The summed E-state index contributed by atoms with van der Waals surface area (Å²) in [6.07, 6.45) is 8.76. The average molecular weight is 473 g/mol. The number of aliphatic hydroxyl groups excluding tert-OH is 2. The molecule has 1 aliphatic carbocycles. The first-order valence-electron chi connectivity index (χ1n) is 12.4. The Morgan fingerprint density at radius 2 is 1.44 bits per heavy atom. The van der Waals surface area contributed by atoms with Gasteiger partial charge in [-0.2, -0.15) is 0 Å². The van der Waals surface area contributed by atoms with Crippen molar-refractivity contribution in [3.05, 3.63) is 59.7 Å². The van der Waals surface area contributed by atoms with Crippen molar-refractivity contribution in [3.63, 3.8) is 0 Å². The normalized spacial score (nSPS) is 17.9. The first kappa shape index (κ1) is 27.8. The van der Waals surface area contributed by atoms with E-state index in [2.05, 4.69) is 44.3 Å². The maximum Gasteiger partial charge on any atom is 0.335 e. The van der Waals surface area contributed by atoms with E-state index in [0.717, 1.165) is 32.1 Å². The predicted octanol–water partition coefficient (Wildman–Crippen LogP) is 4.49. The first-order chi connectivity index (χ1) is 16.4. The fourth-order valence-electron chi connectivity index (χ4n) is 4.48. The lowest BCUT2D eigenvalue weighted by atomic mass is 9.74. The first-order valence-corrected chi connectivity index (χ1v) is 12.4. The number of esters is 2. The molecule has 0 bridgehead atoms. The molecule has 0 atom stereocenters. The number of aliphatic hydroxyl groups is 2. The highest BCUT2D eigenvalue weighted by Crippen LogP contribution is 2.39. The van der Waals surface area contributed by atoms with Gasteiger partial charge in [-0.05, 0) is 61.5 Å². The van der Waals surface area contributed by atoms with Crippen LogP contribution < -0.4 is 0 Å². The van der Waals surface area contributed by atoms with Crippen molar-refractivity contribution in [1.82, 2.24) is 0 Å². The van der Waals surface area contributed by atoms with Gasteiger partial charge >= 0.3 is 11.9 Å². The summed E-state index contributed by atoms with van der Waals surface area (Å²) in [6, 6.07) is 9.02. The summed E-state index contributed by atoms with van der Waals surface area (Å²) >= 11 is 0. The number of ether oxygens (including phenoxy) is 2. The summed E-state index contributed by atoms with van der Waals surface area (Å²) in [7, 11) is 0. The third-order valence-corrected chi connectivity index (χ3v) is 6.77. The van der Waals surface area contributed by atoms with Crippen molar-refractivity contribution in [2.75, 3.05) is 26.4 Å². The lowest BCUT2D eigenvalue weighted by molar-refractivity contribution is -0.146. The monoisotopic (exact) mass is 472 g/mol. The molecule has 6 heteroatoms. The molecular weight excluding hydrogens is 432 g/mol. The van der Waals surface area contributed by atoms with Crippen LogP contribution in [0.4, 0.5) is 0 Å². The van der Waals surface area contributed by atoms with Crippen LogP contribution in [-0.4, -0.2) is 48.6 Å². The van der Waals surface area contributed by atoms with Crippen molar-refractivity contribution in [1.29, 1.82) is 0 Å². The van der Waals surface area contributed by atoms with Crippen LogP contribution in [0.2, 0.25) is 0 Å². The summed E-state index contributed by atoms with van der Waals surface area (Å²) in [5.41, 5.74) is 2.74. The molecule has 1 aromatic carbocycles. The topological polar surface area (TPSA) is 93.1 Å². The molecule has 1 fully saturated rings. The fourth-order valence-corrected chi connectivity index (χ4v) is 4.48. The third kappa shape index (κ3) is 8.73. The van der Waals surface area contributed by atoms with Gasteiger partial charge in [0.15, 0.2) is 0 Å². The number of hydrogen-bond acceptors (Lipinski definition) is 6. The molecule has 0 aromatic heterocycles. The second kappa shape index (κ2) is 14.7. The van der Waals surface area contributed by atoms with Crippen LogP contribution in [0.3, 0.4) is 0 Å². The number of benzene rings is 1. The minimum absolute atomic E-state index is 0.00810. The molecule has 0 spiro atoms. The zero-order chi connectivity index (χ0) is 24.9. The van der Waals surface area contributed by atoms with Crippen LogP contribution in [0.5, 0.6) is 0 Å². The molecule has 0 aliphatic heterocycles. The summed E-state index contributed by atoms with van der Waals surface area (Å²) in [4.78, 5) is 23.9. The number of aryl methyl sites for hydroxylation is 1. The summed E-state index contributed by atoms with van der Waals surface area (Å²) in [5, 5.41) is 18.2. The van der Waals surface area contributed by atoms with Crippen molar-refractivity contribution in [2.24, 2.45) is 11.8 Å². The lowest BCUT2D eigenvalue weighted by Crippen LogP contribution is -2.31. The van der Waals surface area contributed by atoms with Crippen molar-refractivity contribution in [2.45, 2.75) is 64.2 Å². The van der Waals surface area contributed by atoms with Crippen LogP contribution in [0, 0.1) is 11.8 Å². The van der Waals surface area contributed by atoms with Crippen LogP contribution in [0.1, 0.15) is 68.9 Å². The van der Waals surface area contributed by atoms with Crippen molar-refractivity contribution in [3.8, 4) is 0 Å². The van der Waals surface area contributed by atoms with Gasteiger partial charge in [-0.3, -0.25) is 0 Å². The van der Waals surface area contributed by atoms with E-state index >= 15 is 0 Å². The molecule has 0 radical (unpaired) electrons. The zero-order valence-electron chi connectivity index (χ0n) is 20.5. The molecule has 2 N–H and O–H groups in total. The second-order valence-electron chi connectivity index (χ2n) is 9.29. The molecule has 1 aromatic rings. The van der Waals surface area contributed by atoms with Gasteiger partial charge in [0.05, 0.1) is 37.6 Å². The Labute approximate surface area is 203 Å². The van der Waals surface area contributed by atoms with Crippen LogP contribution in [-0.2, 0) is 25.5 Å². The third-order valence-electron chi connectivity index (χ3n) is 6.77. The maximum atomic E-state index is 12.0. The van der Waals surface area contributed by atoms with Crippen molar-refractivity contribution < 1.29 is 29.3 Å². The number of unbranched alkanes of at least 4 members (excludes halogenated alkanes) is 2. The van der Waals surface area contributed by atoms with E-state index in [9.17, 15) is 9.59 Å². The van der Waals surface area contributed by atoms with E-state index in [1.807, 2.05) is 0 Å². The maximum absolute atomic E-state index is 12.0. The van der Waals surface area contributed by atoms with Gasteiger partial charge in [-0.1, -0.05) is 57.2 Å². The lowest BCUT2D eigenvalue weighted by Gasteiger charge is -2.33. The van der Waals surface area contributed by atoms with Gasteiger partial charge in [0, 0.05) is 5.92 Å². The molecular formula is C28H40O6. The highest BCUT2D eigenvalue weighted by Gasteiger charge is 2.30. The SMILES string of the molecule is C=C(CO)C(=O)OCC(COC(=O)C(=C)CO)C1CCC(c2ccc(CCCCC)cc2)CC1. The molecule has 34 heavy (non-hydrogen) atoms. The van der Waals surface area contributed by atoms with Gasteiger partial charge in [0.25, 0.3) is 0 Å². The minimum atomic E-state index is -0.647. The molecule has 188 valence electrons. The Kier molecular flexibility index (Phi) is 12.1. The smallest absolute Gasteiger partial charge is 0.335 e. The van der Waals surface area contributed by atoms with Gasteiger partial charge < -0.3 is 19.7 Å². The summed E-state index contributed by atoms with van der Waals surface area (Å²) < 4.78 is 10.7. The predicted molar refractivity (Wildman–Crippen MR) is 132 cm³/mol. The highest BCUT2D eigenvalue weighted by atomic mass is 16.5. The zero-order valence-corrected chi connectivity index (χ0v) is 20.5. The van der Waals surface area contributed by atoms with Gasteiger partial charge in [0.1, 0.15) is 0 Å². The minimum Gasteiger partial charge on any atom is -0.462 e. The van der Waals surface area contributed by atoms with Crippen LogP contribution >= 0.6 is 0 Å². The van der Waals surface area contributed by atoms with E-state index in [4.69, 9.17) is 19.7 Å². The summed E-state index contributed by atoms with van der Waals surface area (Å²) in [5.74, 6) is -0.740. The van der Waals surface area contributed by atoms with E-state index in [1.165, 1.54) is 30.4 Å². The van der Waals surface area contributed by atoms with E-state index in [1.54, 1.807) is 0 Å². The molecule has 1 aliphatic rings. The fraction of sp³-hybridized carbons (Fsp3) is 0.571. The Morgan fingerprint density at radius 3 is 1.91 bits per heavy atom. The molecule has 0 unspecified atom stereocenters. The second-order valence-corrected chi connectivity index (χ2v) is 9.29. The van der Waals surface area contributed by atoms with E-state index < -0.39 is 25.2 Å². The number of carbonyl (C=O) groups excluding carboxylic acids is 2.